The number of carbonyl (C=O) groups is 3. The number of halogens is 3. The van der Waals surface area contributed by atoms with Crippen molar-refractivity contribution in [3.8, 4) is 0 Å². The first-order valence-corrected chi connectivity index (χ1v) is 11.2. The molecule has 2 saturated heterocycles. The number of aliphatic carboxylic acids is 1. The number of alkyl halides is 3. The van der Waals surface area contributed by atoms with Gasteiger partial charge >= 0.3 is 12.1 Å². The lowest BCUT2D eigenvalue weighted by Crippen LogP contribution is -2.64. The average molecular weight is 492 g/mol. The van der Waals surface area contributed by atoms with E-state index in [4.69, 9.17) is 9.90 Å². The van der Waals surface area contributed by atoms with Crippen LogP contribution in [0.5, 0.6) is 0 Å². The van der Waals surface area contributed by atoms with Crippen LogP contribution in [0.4, 0.5) is 18.9 Å². The maximum Gasteiger partial charge on any atom is 0.490 e. The van der Waals surface area contributed by atoms with Crippen LogP contribution in [0, 0.1) is 0 Å². The van der Waals surface area contributed by atoms with E-state index in [-0.39, 0.29) is 17.4 Å². The summed E-state index contributed by atoms with van der Waals surface area (Å²) in [5.74, 6) is -2.57. The molecule has 1 unspecified atom stereocenters. The van der Waals surface area contributed by atoms with Gasteiger partial charge < -0.3 is 14.9 Å². The molecule has 0 bridgehead atoms. The molecule has 2 heterocycles. The van der Waals surface area contributed by atoms with Crippen molar-refractivity contribution in [2.45, 2.75) is 31.5 Å². The fraction of sp³-hybridized carbons (Fsp3) is 0.400. The van der Waals surface area contributed by atoms with Crippen molar-refractivity contribution in [1.29, 1.82) is 0 Å². The Hall–Kier alpha value is -3.40. The molecule has 2 aliphatic rings. The molecule has 0 aromatic heterocycles. The van der Waals surface area contributed by atoms with Gasteiger partial charge in [-0.1, -0.05) is 37.3 Å². The normalized spacial score (nSPS) is 20.5. The fourth-order valence-corrected chi connectivity index (χ4v) is 4.34. The van der Waals surface area contributed by atoms with E-state index < -0.39 is 12.1 Å². The lowest BCUT2D eigenvalue weighted by molar-refractivity contribution is -0.192. The molecule has 2 aromatic rings. The standard InChI is InChI=1S/C23H27N3O2.C2HF3O2/c1-3-18-9-11-19(12-10-18)22(28)25-14-13-23(16-25)17-26(21(27)15-24(23)2)20-7-5-4-6-8-20;3-2(4,5)1(6)7/h4-12H,3,13-17H2,1-2H3;(H,6,7). The molecule has 1 atom stereocenters. The maximum absolute atomic E-state index is 13.0. The molecule has 1 spiro atoms. The Morgan fingerprint density at radius 2 is 1.63 bits per heavy atom. The minimum atomic E-state index is -5.08. The quantitative estimate of drug-likeness (QED) is 0.712. The smallest absolute Gasteiger partial charge is 0.475 e. The number of para-hydroxylation sites is 1. The SMILES string of the molecule is CCc1ccc(C(=O)N2CCC3(C2)CN(c2ccccc2)C(=O)CN3C)cc1.O=C(O)C(F)(F)F. The summed E-state index contributed by atoms with van der Waals surface area (Å²) < 4.78 is 31.7. The van der Waals surface area contributed by atoms with E-state index in [1.165, 1.54) is 5.56 Å². The number of aryl methyl sites for hydroxylation is 1. The van der Waals surface area contributed by atoms with Crippen LogP contribution in [0.15, 0.2) is 54.6 Å². The van der Waals surface area contributed by atoms with Crippen molar-refractivity contribution in [3.05, 3.63) is 65.7 Å². The highest BCUT2D eigenvalue weighted by molar-refractivity contribution is 5.97. The number of hydrogen-bond donors (Lipinski definition) is 1. The van der Waals surface area contributed by atoms with E-state index in [0.717, 1.165) is 30.6 Å². The lowest BCUT2D eigenvalue weighted by atomic mass is 9.92. The Bertz CT molecular complexity index is 1060. The van der Waals surface area contributed by atoms with Crippen molar-refractivity contribution in [3.63, 3.8) is 0 Å². The fourth-order valence-electron chi connectivity index (χ4n) is 4.34. The molecule has 10 heteroatoms. The Labute approximate surface area is 201 Å². The van der Waals surface area contributed by atoms with E-state index >= 15 is 0 Å². The third-order valence-electron chi connectivity index (χ3n) is 6.47. The van der Waals surface area contributed by atoms with Gasteiger partial charge in [-0.2, -0.15) is 13.2 Å². The first-order chi connectivity index (χ1) is 16.5. The number of carboxylic acids is 1. The van der Waals surface area contributed by atoms with Gasteiger partial charge in [0.25, 0.3) is 5.91 Å². The van der Waals surface area contributed by atoms with E-state index in [2.05, 4.69) is 11.8 Å². The molecule has 4 rings (SSSR count). The van der Waals surface area contributed by atoms with Crippen LogP contribution in [0.25, 0.3) is 0 Å². The topological polar surface area (TPSA) is 81.2 Å². The number of hydrogen-bond acceptors (Lipinski definition) is 4. The van der Waals surface area contributed by atoms with Crippen LogP contribution in [-0.4, -0.2) is 77.6 Å². The van der Waals surface area contributed by atoms with Crippen LogP contribution >= 0.6 is 0 Å². The number of anilines is 1. The second kappa shape index (κ2) is 10.5. The van der Waals surface area contributed by atoms with Crippen LogP contribution in [0.1, 0.15) is 29.3 Å². The molecule has 0 aliphatic carbocycles. The molecule has 2 amide bonds. The third kappa shape index (κ3) is 6.00. The van der Waals surface area contributed by atoms with Gasteiger partial charge in [-0.05, 0) is 49.7 Å². The molecule has 2 aromatic carbocycles. The number of benzene rings is 2. The molecule has 1 N–H and O–H groups in total. The molecular weight excluding hydrogens is 463 g/mol. The molecule has 2 aliphatic heterocycles. The van der Waals surface area contributed by atoms with Gasteiger partial charge in [0.05, 0.1) is 12.1 Å². The number of likely N-dealkylation sites (tertiary alicyclic amines) is 1. The highest BCUT2D eigenvalue weighted by Crippen LogP contribution is 2.34. The van der Waals surface area contributed by atoms with Crippen molar-refractivity contribution in [1.82, 2.24) is 9.80 Å². The maximum atomic E-state index is 13.0. The summed E-state index contributed by atoms with van der Waals surface area (Å²) >= 11 is 0. The van der Waals surface area contributed by atoms with Gasteiger partial charge in [0.15, 0.2) is 0 Å². The predicted molar refractivity (Wildman–Crippen MR) is 124 cm³/mol. The Kier molecular flexibility index (Phi) is 7.84. The Morgan fingerprint density at radius 1 is 1.03 bits per heavy atom. The molecule has 188 valence electrons. The second-order valence-corrected chi connectivity index (χ2v) is 8.73. The van der Waals surface area contributed by atoms with Crippen molar-refractivity contribution in [2.24, 2.45) is 0 Å². The van der Waals surface area contributed by atoms with Crippen molar-refractivity contribution in [2.75, 3.05) is 38.1 Å². The highest BCUT2D eigenvalue weighted by atomic mass is 19.4. The number of likely N-dealkylation sites (N-methyl/N-ethyl adjacent to an activating group) is 1. The van der Waals surface area contributed by atoms with Gasteiger partial charge in [0, 0.05) is 30.9 Å². The predicted octanol–water partition coefficient (Wildman–Crippen LogP) is 3.45. The number of nitrogens with zero attached hydrogens (tertiary/aromatic N) is 3. The summed E-state index contributed by atoms with van der Waals surface area (Å²) in [7, 11) is 2.00. The van der Waals surface area contributed by atoms with Gasteiger partial charge in [0.2, 0.25) is 5.91 Å². The van der Waals surface area contributed by atoms with E-state index in [1.807, 2.05) is 71.4 Å². The Morgan fingerprint density at radius 3 is 2.17 bits per heavy atom. The van der Waals surface area contributed by atoms with E-state index in [9.17, 15) is 22.8 Å². The zero-order valence-electron chi connectivity index (χ0n) is 19.6. The lowest BCUT2D eigenvalue weighted by Gasteiger charge is -2.46. The summed E-state index contributed by atoms with van der Waals surface area (Å²) in [5, 5.41) is 7.12. The number of piperazine rings is 1. The molecular formula is C25H28F3N3O4. The molecule has 0 saturated carbocycles. The third-order valence-corrected chi connectivity index (χ3v) is 6.47. The zero-order valence-corrected chi connectivity index (χ0v) is 19.6. The van der Waals surface area contributed by atoms with Crippen LogP contribution in [0.3, 0.4) is 0 Å². The minimum absolute atomic E-state index is 0.0797. The van der Waals surface area contributed by atoms with Crippen LogP contribution < -0.4 is 4.90 Å². The van der Waals surface area contributed by atoms with Gasteiger partial charge in [-0.25, -0.2) is 4.79 Å². The summed E-state index contributed by atoms with van der Waals surface area (Å²) in [6.45, 7) is 4.47. The summed E-state index contributed by atoms with van der Waals surface area (Å²) in [6, 6.07) is 17.7. The first kappa shape index (κ1) is 26.2. The van der Waals surface area contributed by atoms with Crippen LogP contribution in [0.2, 0.25) is 0 Å². The molecule has 0 radical (unpaired) electrons. The highest BCUT2D eigenvalue weighted by Gasteiger charge is 2.48. The molecule has 35 heavy (non-hydrogen) atoms. The molecule has 7 nitrogen and oxygen atoms in total. The number of rotatable bonds is 3. The second-order valence-electron chi connectivity index (χ2n) is 8.73. The first-order valence-electron chi connectivity index (χ1n) is 11.2. The summed E-state index contributed by atoms with van der Waals surface area (Å²) in [5.41, 5.74) is 2.71. The van der Waals surface area contributed by atoms with Crippen LogP contribution in [-0.2, 0) is 16.0 Å². The number of carboxylic acid groups (broad SMARTS) is 1. The average Bonchev–Trinajstić information content (AvgIpc) is 3.27. The Balaban J connectivity index is 0.000000429. The van der Waals surface area contributed by atoms with Crippen molar-refractivity contribution < 1.29 is 32.7 Å². The zero-order chi connectivity index (χ0) is 25.8. The largest absolute Gasteiger partial charge is 0.490 e. The van der Waals surface area contributed by atoms with E-state index in [1.54, 1.807) is 0 Å². The van der Waals surface area contributed by atoms with Gasteiger partial charge in [-0.15, -0.1) is 0 Å². The number of amides is 2. The summed E-state index contributed by atoms with van der Waals surface area (Å²) in [4.78, 5) is 40.5. The summed E-state index contributed by atoms with van der Waals surface area (Å²) in [6.07, 6.45) is -3.24. The monoisotopic (exact) mass is 491 g/mol. The number of carbonyl (C=O) groups excluding carboxylic acids is 2. The van der Waals surface area contributed by atoms with Gasteiger partial charge in [-0.3, -0.25) is 14.5 Å². The molecule has 2 fully saturated rings. The minimum Gasteiger partial charge on any atom is -0.475 e. The van der Waals surface area contributed by atoms with E-state index in [0.29, 0.717) is 19.6 Å². The van der Waals surface area contributed by atoms with Gasteiger partial charge in [0.1, 0.15) is 0 Å². The van der Waals surface area contributed by atoms with Crippen molar-refractivity contribution >= 4 is 23.5 Å².